The predicted octanol–water partition coefficient (Wildman–Crippen LogP) is 5.20. The zero-order valence-electron chi connectivity index (χ0n) is 28.9. The van der Waals surface area contributed by atoms with E-state index in [4.69, 9.17) is 23.7 Å². The van der Waals surface area contributed by atoms with E-state index in [0.29, 0.717) is 5.56 Å². The Morgan fingerprint density at radius 3 is 1.54 bits per heavy atom. The maximum atomic E-state index is 13.3. The molecule has 1 aromatic carbocycles. The van der Waals surface area contributed by atoms with E-state index in [1.807, 2.05) is 0 Å². The number of nitrogens with zero attached hydrogens (tertiary/aromatic N) is 2. The average Bonchev–Trinajstić information content (AvgIpc) is 2.90. The van der Waals surface area contributed by atoms with Crippen LogP contribution in [0, 0.1) is 31.8 Å². The Balaban J connectivity index is 2.73. The standard InChI is InChI=1S/C33H48N2O11/c1-30(2,3)26(36)42-18-21-22(44-27(37)31(4,5)6)23(45-28(38)32(7,8)9)24(46-29(39)33(10,11)12)25(43-21)34-17-19-13-15-20(16-14-19)35(40)41/h13-17,21-25H,18H2,1-12H3/t21-,22+,23-,24+,25-/m0/s1. The first-order valence-electron chi connectivity index (χ1n) is 15.1. The first-order valence-corrected chi connectivity index (χ1v) is 15.1. The largest absolute Gasteiger partial charge is 0.462 e. The number of hydrogen-bond acceptors (Lipinski definition) is 12. The molecule has 0 aromatic heterocycles. The number of carbonyl (C=O) groups excluding carboxylic acids is 4. The number of nitro groups is 1. The van der Waals surface area contributed by atoms with Crippen molar-refractivity contribution in [2.75, 3.05) is 6.61 Å². The van der Waals surface area contributed by atoms with Crippen LogP contribution >= 0.6 is 0 Å². The molecule has 13 heteroatoms. The quantitative estimate of drug-likeness (QED) is 0.119. The second-order valence-corrected chi connectivity index (χ2v) is 15.4. The monoisotopic (exact) mass is 648 g/mol. The molecule has 0 bridgehead atoms. The number of nitro benzene ring substituents is 1. The van der Waals surface area contributed by atoms with E-state index in [1.54, 1.807) is 83.1 Å². The summed E-state index contributed by atoms with van der Waals surface area (Å²) >= 11 is 0. The fourth-order valence-corrected chi connectivity index (χ4v) is 3.67. The Labute approximate surface area is 270 Å². The van der Waals surface area contributed by atoms with Gasteiger partial charge in [0.2, 0.25) is 0 Å². The van der Waals surface area contributed by atoms with Crippen LogP contribution in [0.25, 0.3) is 0 Å². The number of non-ortho nitro benzene ring substituents is 1. The van der Waals surface area contributed by atoms with Crippen molar-refractivity contribution in [1.82, 2.24) is 0 Å². The van der Waals surface area contributed by atoms with Crippen LogP contribution in [-0.4, -0.2) is 72.3 Å². The molecule has 1 aromatic rings. The van der Waals surface area contributed by atoms with E-state index >= 15 is 0 Å². The number of hydrogen-bond donors (Lipinski definition) is 0. The molecule has 1 heterocycles. The van der Waals surface area contributed by atoms with Gasteiger partial charge >= 0.3 is 23.9 Å². The molecule has 46 heavy (non-hydrogen) atoms. The summed E-state index contributed by atoms with van der Waals surface area (Å²) in [6.07, 6.45) is -5.43. The van der Waals surface area contributed by atoms with Crippen molar-refractivity contribution >= 4 is 35.8 Å². The summed E-state index contributed by atoms with van der Waals surface area (Å²) in [7, 11) is 0. The molecule has 2 rings (SSSR count). The molecule has 13 nitrogen and oxygen atoms in total. The lowest BCUT2D eigenvalue weighted by Gasteiger charge is -2.45. The molecule has 0 radical (unpaired) electrons. The van der Waals surface area contributed by atoms with E-state index in [-0.39, 0.29) is 5.69 Å². The molecule has 0 unspecified atom stereocenters. The molecule has 0 spiro atoms. The van der Waals surface area contributed by atoms with Crippen molar-refractivity contribution in [2.24, 2.45) is 26.7 Å². The van der Waals surface area contributed by atoms with Crippen molar-refractivity contribution in [3.8, 4) is 0 Å². The Kier molecular flexibility index (Phi) is 11.9. The van der Waals surface area contributed by atoms with Gasteiger partial charge in [-0.05, 0) is 101 Å². The van der Waals surface area contributed by atoms with Gasteiger partial charge < -0.3 is 23.7 Å². The van der Waals surface area contributed by atoms with Crippen LogP contribution in [0.1, 0.15) is 88.6 Å². The summed E-state index contributed by atoms with van der Waals surface area (Å²) < 4.78 is 29.6. The number of esters is 4. The van der Waals surface area contributed by atoms with Gasteiger partial charge in [0.25, 0.3) is 5.69 Å². The second-order valence-electron chi connectivity index (χ2n) is 15.4. The van der Waals surface area contributed by atoms with Crippen molar-refractivity contribution < 1.29 is 47.8 Å². The number of rotatable bonds is 8. The van der Waals surface area contributed by atoms with Crippen molar-refractivity contribution in [2.45, 2.75) is 114 Å². The molecular formula is C33H48N2O11. The predicted molar refractivity (Wildman–Crippen MR) is 168 cm³/mol. The maximum Gasteiger partial charge on any atom is 0.311 e. The van der Waals surface area contributed by atoms with E-state index in [9.17, 15) is 29.3 Å². The highest BCUT2D eigenvalue weighted by Crippen LogP contribution is 2.34. The van der Waals surface area contributed by atoms with Gasteiger partial charge in [-0.1, -0.05) is 0 Å². The molecule has 256 valence electrons. The van der Waals surface area contributed by atoms with Crippen LogP contribution in [0.4, 0.5) is 5.69 Å². The second kappa shape index (κ2) is 14.3. The Hall–Kier alpha value is -3.87. The van der Waals surface area contributed by atoms with E-state index < -0.39 is 87.7 Å². The van der Waals surface area contributed by atoms with Crippen LogP contribution in [0.2, 0.25) is 0 Å². The summed E-state index contributed by atoms with van der Waals surface area (Å²) in [6, 6.07) is 5.53. The average molecular weight is 649 g/mol. The van der Waals surface area contributed by atoms with Gasteiger partial charge in [0.15, 0.2) is 24.5 Å². The highest BCUT2D eigenvalue weighted by molar-refractivity contribution is 5.80. The minimum Gasteiger partial charge on any atom is -0.462 e. The fraction of sp³-hybridized carbons (Fsp3) is 0.667. The number of aliphatic imine (C=N–C) groups is 1. The van der Waals surface area contributed by atoms with E-state index in [0.717, 1.165) is 0 Å². The van der Waals surface area contributed by atoms with E-state index in [1.165, 1.54) is 30.5 Å². The SMILES string of the molecule is CC(C)(C)C(=O)OC[C@@H]1O[C@H](N=Cc2ccc([N+](=O)[O-])cc2)[C@H](OC(=O)C(C)(C)C)[C@@H](OC(=O)C(C)(C)C)[C@@H]1OC(=O)C(C)(C)C. The normalized spacial score (nSPS) is 22.6. The summed E-state index contributed by atoms with van der Waals surface area (Å²) in [5, 5.41) is 11.1. The molecule has 1 aliphatic rings. The Morgan fingerprint density at radius 1 is 0.717 bits per heavy atom. The first-order chi connectivity index (χ1) is 20.8. The molecule has 1 saturated heterocycles. The van der Waals surface area contributed by atoms with E-state index in [2.05, 4.69) is 4.99 Å². The molecule has 1 aliphatic heterocycles. The van der Waals surface area contributed by atoms with Gasteiger partial charge in [0.05, 0.1) is 26.6 Å². The van der Waals surface area contributed by atoms with Gasteiger partial charge in [-0.15, -0.1) is 0 Å². The third kappa shape index (κ3) is 10.6. The zero-order valence-corrected chi connectivity index (χ0v) is 28.9. The summed E-state index contributed by atoms with van der Waals surface area (Å²) in [4.78, 5) is 67.7. The van der Waals surface area contributed by atoms with Gasteiger partial charge in [0, 0.05) is 18.3 Å². The lowest BCUT2D eigenvalue weighted by atomic mass is 9.92. The molecule has 0 N–H and O–H groups in total. The Bertz CT molecular complexity index is 1310. The lowest BCUT2D eigenvalue weighted by Crippen LogP contribution is -2.63. The maximum absolute atomic E-state index is 13.3. The summed E-state index contributed by atoms with van der Waals surface area (Å²) in [5.74, 6) is -2.59. The van der Waals surface area contributed by atoms with Crippen LogP contribution < -0.4 is 0 Å². The third-order valence-electron chi connectivity index (χ3n) is 6.64. The van der Waals surface area contributed by atoms with Crippen molar-refractivity contribution in [3.05, 3.63) is 39.9 Å². The molecule has 0 saturated carbocycles. The van der Waals surface area contributed by atoms with Gasteiger partial charge in [0.1, 0.15) is 12.7 Å². The highest BCUT2D eigenvalue weighted by atomic mass is 16.7. The topological polar surface area (TPSA) is 170 Å². The minimum absolute atomic E-state index is 0.124. The zero-order chi connectivity index (χ0) is 35.4. The number of benzene rings is 1. The molecule has 0 amide bonds. The van der Waals surface area contributed by atoms with Crippen LogP contribution in [-0.2, 0) is 42.9 Å². The Morgan fingerprint density at radius 2 is 1.13 bits per heavy atom. The minimum atomic E-state index is -1.43. The van der Waals surface area contributed by atoms with Crippen molar-refractivity contribution in [1.29, 1.82) is 0 Å². The fourth-order valence-electron chi connectivity index (χ4n) is 3.67. The van der Waals surface area contributed by atoms with Gasteiger partial charge in [-0.25, -0.2) is 0 Å². The third-order valence-corrected chi connectivity index (χ3v) is 6.64. The molecule has 5 atom stereocenters. The first kappa shape index (κ1) is 38.3. The highest BCUT2D eigenvalue weighted by Gasteiger charge is 2.54. The summed E-state index contributed by atoms with van der Waals surface area (Å²) in [6.45, 7) is 19.3. The molecule has 1 fully saturated rings. The number of carbonyl (C=O) groups is 4. The van der Waals surface area contributed by atoms with Crippen molar-refractivity contribution in [3.63, 3.8) is 0 Å². The van der Waals surface area contributed by atoms with Gasteiger partial charge in [-0.3, -0.25) is 34.3 Å². The van der Waals surface area contributed by atoms with Crippen LogP contribution in [0.3, 0.4) is 0 Å². The molecule has 0 aliphatic carbocycles. The van der Waals surface area contributed by atoms with Crippen LogP contribution in [0.5, 0.6) is 0 Å². The van der Waals surface area contributed by atoms with Gasteiger partial charge in [-0.2, -0.15) is 0 Å². The molecular weight excluding hydrogens is 600 g/mol. The smallest absolute Gasteiger partial charge is 0.311 e. The van der Waals surface area contributed by atoms with Crippen LogP contribution in [0.15, 0.2) is 29.3 Å². The lowest BCUT2D eigenvalue weighted by molar-refractivity contribution is -0.384. The summed E-state index contributed by atoms with van der Waals surface area (Å²) in [5.41, 5.74) is -3.55. The number of ether oxygens (including phenoxy) is 5.